The van der Waals surface area contributed by atoms with E-state index < -0.39 is 17.6 Å². The summed E-state index contributed by atoms with van der Waals surface area (Å²) in [7, 11) is 0. The van der Waals surface area contributed by atoms with Gasteiger partial charge in [0.15, 0.2) is 0 Å². The highest BCUT2D eigenvalue weighted by atomic mass is 32.1. The molecule has 0 bridgehead atoms. The minimum Gasteiger partial charge on any atom is -0.342 e. The van der Waals surface area contributed by atoms with Crippen LogP contribution in [-0.2, 0) is 9.59 Å². The van der Waals surface area contributed by atoms with Crippen molar-refractivity contribution in [3.63, 3.8) is 0 Å². The van der Waals surface area contributed by atoms with Gasteiger partial charge in [-0.2, -0.15) is 0 Å². The second-order valence-corrected chi connectivity index (χ2v) is 5.53. The number of carbonyl (C=O) groups excluding carboxylic acids is 3. The van der Waals surface area contributed by atoms with E-state index in [0.717, 1.165) is 6.07 Å². The third kappa shape index (κ3) is 4.89. The van der Waals surface area contributed by atoms with Crippen LogP contribution in [0.4, 0.5) is 15.8 Å². The number of carbonyl (C=O) groups is 3. The molecule has 0 aliphatic heterocycles. The minimum atomic E-state index is -0.607. The van der Waals surface area contributed by atoms with Crippen LogP contribution in [0.1, 0.15) is 16.6 Å². The van der Waals surface area contributed by atoms with Gasteiger partial charge in [0.25, 0.3) is 5.91 Å². The minimum absolute atomic E-state index is 0.0297. The average molecular weight is 335 g/mol. The number of rotatable bonds is 5. The lowest BCUT2D eigenvalue weighted by Gasteiger charge is -2.09. The number of amides is 3. The number of nitrogens with one attached hydrogen (secondary N) is 3. The number of benzene rings is 1. The van der Waals surface area contributed by atoms with Gasteiger partial charge in [0.1, 0.15) is 5.82 Å². The summed E-state index contributed by atoms with van der Waals surface area (Å²) in [6.45, 7) is 1.04. The van der Waals surface area contributed by atoms with Crippen LogP contribution in [0.15, 0.2) is 35.7 Å². The predicted molar refractivity (Wildman–Crippen MR) is 86.0 cm³/mol. The van der Waals surface area contributed by atoms with E-state index in [2.05, 4.69) is 16.0 Å². The number of hydrogen-bond donors (Lipinski definition) is 3. The number of hydrogen-bond acceptors (Lipinski definition) is 4. The molecule has 0 aliphatic rings. The van der Waals surface area contributed by atoms with Crippen LogP contribution in [0.25, 0.3) is 0 Å². The molecule has 1 aromatic carbocycles. The molecular weight excluding hydrogens is 321 g/mol. The molecule has 0 saturated heterocycles. The smallest absolute Gasteiger partial charge is 0.261 e. The van der Waals surface area contributed by atoms with Crippen molar-refractivity contribution in [1.82, 2.24) is 5.32 Å². The van der Waals surface area contributed by atoms with Crippen LogP contribution >= 0.6 is 11.3 Å². The molecule has 2 rings (SSSR count). The molecular formula is C15H14FN3O3S. The van der Waals surface area contributed by atoms with Gasteiger partial charge < -0.3 is 16.0 Å². The molecule has 120 valence electrons. The summed E-state index contributed by atoms with van der Waals surface area (Å²) in [4.78, 5) is 35.0. The van der Waals surface area contributed by atoms with Crippen LogP contribution in [0.3, 0.4) is 0 Å². The summed E-state index contributed by atoms with van der Waals surface area (Å²) in [5.41, 5.74) is 0.281. The van der Waals surface area contributed by atoms with Gasteiger partial charge in [0.05, 0.1) is 17.1 Å². The Kier molecular flexibility index (Phi) is 5.42. The molecule has 2 aromatic rings. The van der Waals surface area contributed by atoms with Gasteiger partial charge in [-0.1, -0.05) is 6.07 Å². The first-order chi connectivity index (χ1) is 11.0. The third-order valence-electron chi connectivity index (χ3n) is 2.72. The van der Waals surface area contributed by atoms with Crippen LogP contribution in [0.5, 0.6) is 0 Å². The average Bonchev–Trinajstić information content (AvgIpc) is 3.02. The van der Waals surface area contributed by atoms with Crippen LogP contribution in [0, 0.1) is 5.82 Å². The fourth-order valence-electron chi connectivity index (χ4n) is 1.75. The molecule has 8 heteroatoms. The lowest BCUT2D eigenvalue weighted by Crippen LogP contribution is -2.32. The first kappa shape index (κ1) is 16.6. The van der Waals surface area contributed by atoms with Gasteiger partial charge in [0.2, 0.25) is 11.8 Å². The van der Waals surface area contributed by atoms with E-state index in [1.54, 1.807) is 17.5 Å². The van der Waals surface area contributed by atoms with Gasteiger partial charge >= 0.3 is 0 Å². The maximum Gasteiger partial charge on any atom is 0.261 e. The fraction of sp³-hybridized carbons (Fsp3) is 0.133. The monoisotopic (exact) mass is 335 g/mol. The second kappa shape index (κ2) is 7.50. The van der Waals surface area contributed by atoms with Crippen LogP contribution in [-0.4, -0.2) is 24.3 Å². The molecule has 1 aromatic heterocycles. The van der Waals surface area contributed by atoms with Crippen molar-refractivity contribution in [1.29, 1.82) is 0 Å². The molecule has 3 N–H and O–H groups in total. The number of halogens is 1. The molecule has 0 aliphatic carbocycles. The van der Waals surface area contributed by atoms with Crippen molar-refractivity contribution >= 4 is 40.4 Å². The van der Waals surface area contributed by atoms with Crippen molar-refractivity contribution in [3.05, 3.63) is 46.4 Å². The largest absolute Gasteiger partial charge is 0.342 e. The maximum atomic E-state index is 13.5. The summed E-state index contributed by atoms with van der Waals surface area (Å²) in [6, 6.07) is 7.18. The Morgan fingerprint density at radius 2 is 1.96 bits per heavy atom. The van der Waals surface area contributed by atoms with Crippen LogP contribution < -0.4 is 16.0 Å². The Labute approximate surface area is 135 Å². The van der Waals surface area contributed by atoms with Crippen LogP contribution in [0.2, 0.25) is 0 Å². The van der Waals surface area contributed by atoms with E-state index in [1.807, 2.05) is 0 Å². The Morgan fingerprint density at radius 1 is 1.17 bits per heavy atom. The molecule has 0 atom stereocenters. The molecule has 0 unspecified atom stereocenters. The zero-order valence-corrected chi connectivity index (χ0v) is 13.0. The predicted octanol–water partition coefficient (Wildman–Crippen LogP) is 2.21. The number of anilines is 2. The standard InChI is InChI=1S/C15H14FN3O3S/c1-9(20)18-12-7-10(4-5-11(12)16)19-14(21)8-17-15(22)13-3-2-6-23-13/h2-7H,8H2,1H3,(H,17,22)(H,18,20)(H,19,21). The normalized spacial score (nSPS) is 10.0. The molecule has 3 amide bonds. The third-order valence-corrected chi connectivity index (χ3v) is 3.58. The van der Waals surface area contributed by atoms with Crippen molar-refractivity contribution in [2.45, 2.75) is 6.92 Å². The van der Waals surface area contributed by atoms with Crippen molar-refractivity contribution in [2.75, 3.05) is 17.2 Å². The maximum absolute atomic E-state index is 13.5. The zero-order valence-electron chi connectivity index (χ0n) is 12.2. The fourth-order valence-corrected chi connectivity index (χ4v) is 2.39. The van der Waals surface area contributed by atoms with E-state index in [-0.39, 0.29) is 18.1 Å². The van der Waals surface area contributed by atoms with E-state index >= 15 is 0 Å². The molecule has 0 saturated carbocycles. The van der Waals surface area contributed by atoms with Gasteiger partial charge in [-0.3, -0.25) is 14.4 Å². The zero-order chi connectivity index (χ0) is 16.8. The summed E-state index contributed by atoms with van der Waals surface area (Å²) < 4.78 is 13.5. The molecule has 23 heavy (non-hydrogen) atoms. The lowest BCUT2D eigenvalue weighted by molar-refractivity contribution is -0.115. The van der Waals surface area contributed by atoms with Gasteiger partial charge in [0, 0.05) is 12.6 Å². The lowest BCUT2D eigenvalue weighted by atomic mass is 10.2. The highest BCUT2D eigenvalue weighted by molar-refractivity contribution is 7.12. The van der Waals surface area contributed by atoms with Gasteiger partial charge in [-0.05, 0) is 29.6 Å². The van der Waals surface area contributed by atoms with E-state index in [9.17, 15) is 18.8 Å². The van der Waals surface area contributed by atoms with Crippen molar-refractivity contribution in [3.8, 4) is 0 Å². The molecule has 0 spiro atoms. The summed E-state index contributed by atoms with van der Waals surface area (Å²) in [5, 5.41) is 9.08. The van der Waals surface area contributed by atoms with Gasteiger partial charge in [-0.15, -0.1) is 11.3 Å². The van der Waals surface area contributed by atoms with E-state index in [4.69, 9.17) is 0 Å². The quantitative estimate of drug-likeness (QED) is 0.783. The summed E-state index contributed by atoms with van der Waals surface area (Å²) >= 11 is 1.27. The Bertz CT molecular complexity index is 732. The summed E-state index contributed by atoms with van der Waals surface area (Å²) in [6.07, 6.45) is 0. The van der Waals surface area contributed by atoms with Gasteiger partial charge in [-0.25, -0.2) is 4.39 Å². The first-order valence-electron chi connectivity index (χ1n) is 6.64. The SMILES string of the molecule is CC(=O)Nc1cc(NC(=O)CNC(=O)c2cccs2)ccc1F. The summed E-state index contributed by atoms with van der Waals surface area (Å²) in [5.74, 6) is -1.83. The Morgan fingerprint density at radius 3 is 2.61 bits per heavy atom. The topological polar surface area (TPSA) is 87.3 Å². The molecule has 0 fully saturated rings. The molecule has 6 nitrogen and oxygen atoms in total. The second-order valence-electron chi connectivity index (χ2n) is 4.58. The highest BCUT2D eigenvalue weighted by Gasteiger charge is 2.10. The Hall–Kier alpha value is -2.74. The van der Waals surface area contributed by atoms with E-state index in [0.29, 0.717) is 10.6 Å². The highest BCUT2D eigenvalue weighted by Crippen LogP contribution is 2.19. The molecule has 1 heterocycles. The Balaban J connectivity index is 1.92. The molecule has 0 radical (unpaired) electrons. The first-order valence-corrected chi connectivity index (χ1v) is 7.52. The number of thiophene rings is 1. The van der Waals surface area contributed by atoms with Crippen molar-refractivity contribution in [2.24, 2.45) is 0 Å². The van der Waals surface area contributed by atoms with Crippen molar-refractivity contribution < 1.29 is 18.8 Å². The van der Waals surface area contributed by atoms with E-state index in [1.165, 1.54) is 30.4 Å².